The standard InChI is InChI=1S/C18H18BrNO/c1-12(2)17-6-5-16(8-13(17)3)21-18-7-4-14(10-19)9-15(18)11-20/h4-9,12H,10H2,1-3H3. The average molecular weight is 344 g/mol. The third-order valence-electron chi connectivity index (χ3n) is 3.41. The van der Waals surface area contributed by atoms with Crippen LogP contribution in [-0.4, -0.2) is 0 Å². The Morgan fingerprint density at radius 2 is 1.95 bits per heavy atom. The molecule has 2 aromatic rings. The van der Waals surface area contributed by atoms with Gasteiger partial charge in [-0.25, -0.2) is 0 Å². The van der Waals surface area contributed by atoms with Crippen molar-refractivity contribution in [3.8, 4) is 17.6 Å². The molecule has 21 heavy (non-hydrogen) atoms. The molecule has 3 heteroatoms. The van der Waals surface area contributed by atoms with Crippen LogP contribution < -0.4 is 4.74 Å². The SMILES string of the molecule is Cc1cc(Oc2ccc(CBr)cc2C#N)ccc1C(C)C. The van der Waals surface area contributed by atoms with E-state index in [1.807, 2.05) is 30.3 Å². The molecule has 0 saturated heterocycles. The average Bonchev–Trinajstić information content (AvgIpc) is 2.47. The minimum absolute atomic E-state index is 0.493. The second kappa shape index (κ2) is 6.78. The maximum atomic E-state index is 9.24. The molecule has 0 unspecified atom stereocenters. The van der Waals surface area contributed by atoms with Crippen LogP contribution in [0.2, 0.25) is 0 Å². The number of aryl methyl sites for hydroxylation is 1. The number of alkyl halides is 1. The number of benzene rings is 2. The predicted octanol–water partition coefficient (Wildman–Crippen LogP) is 5.68. The van der Waals surface area contributed by atoms with Crippen molar-refractivity contribution in [2.24, 2.45) is 0 Å². The first-order chi connectivity index (χ1) is 10.0. The molecule has 108 valence electrons. The molecule has 0 aliphatic heterocycles. The van der Waals surface area contributed by atoms with Crippen LogP contribution in [0.5, 0.6) is 11.5 Å². The highest BCUT2D eigenvalue weighted by atomic mass is 79.9. The van der Waals surface area contributed by atoms with Crippen molar-refractivity contribution < 1.29 is 4.74 Å². The van der Waals surface area contributed by atoms with Crippen LogP contribution >= 0.6 is 15.9 Å². The lowest BCUT2D eigenvalue weighted by molar-refractivity contribution is 0.480. The predicted molar refractivity (Wildman–Crippen MR) is 89.1 cm³/mol. The monoisotopic (exact) mass is 343 g/mol. The molecule has 0 atom stereocenters. The van der Waals surface area contributed by atoms with Gasteiger partial charge in [-0.1, -0.05) is 41.9 Å². The Labute approximate surface area is 134 Å². The zero-order chi connectivity index (χ0) is 15.4. The first-order valence-corrected chi connectivity index (χ1v) is 8.04. The number of halogens is 1. The van der Waals surface area contributed by atoms with Crippen LogP contribution in [0.3, 0.4) is 0 Å². The van der Waals surface area contributed by atoms with Crippen molar-refractivity contribution in [3.63, 3.8) is 0 Å². The van der Waals surface area contributed by atoms with Crippen LogP contribution in [0.4, 0.5) is 0 Å². The molecule has 0 aromatic heterocycles. The topological polar surface area (TPSA) is 33.0 Å². The fourth-order valence-electron chi connectivity index (χ4n) is 2.32. The van der Waals surface area contributed by atoms with Crippen LogP contribution in [0, 0.1) is 18.3 Å². The Balaban J connectivity index is 2.30. The zero-order valence-corrected chi connectivity index (χ0v) is 14.1. The molecule has 0 heterocycles. The Morgan fingerprint density at radius 3 is 2.52 bits per heavy atom. The summed E-state index contributed by atoms with van der Waals surface area (Å²) in [5.41, 5.74) is 4.14. The Bertz CT molecular complexity index is 686. The normalized spacial score (nSPS) is 10.5. The number of nitriles is 1. The molecule has 0 saturated carbocycles. The third kappa shape index (κ3) is 3.65. The van der Waals surface area contributed by atoms with E-state index in [1.165, 1.54) is 11.1 Å². The summed E-state index contributed by atoms with van der Waals surface area (Å²) in [6, 6.07) is 13.9. The second-order valence-corrected chi connectivity index (χ2v) is 5.91. The number of hydrogen-bond acceptors (Lipinski definition) is 2. The quantitative estimate of drug-likeness (QED) is 0.669. The summed E-state index contributed by atoms with van der Waals surface area (Å²) >= 11 is 3.39. The summed E-state index contributed by atoms with van der Waals surface area (Å²) in [6.07, 6.45) is 0. The maximum absolute atomic E-state index is 9.24. The van der Waals surface area contributed by atoms with Gasteiger partial charge in [-0.3, -0.25) is 0 Å². The molecule has 0 aliphatic carbocycles. The molecular formula is C18H18BrNO. The van der Waals surface area contributed by atoms with Crippen LogP contribution in [0.25, 0.3) is 0 Å². The molecule has 2 nitrogen and oxygen atoms in total. The van der Waals surface area contributed by atoms with Gasteiger partial charge in [-0.2, -0.15) is 5.26 Å². The van der Waals surface area contributed by atoms with Crippen molar-refractivity contribution in [1.82, 2.24) is 0 Å². The number of ether oxygens (including phenoxy) is 1. The van der Waals surface area contributed by atoms with Gasteiger partial charge < -0.3 is 4.74 Å². The van der Waals surface area contributed by atoms with Gasteiger partial charge in [-0.15, -0.1) is 0 Å². The van der Waals surface area contributed by atoms with E-state index in [0.717, 1.165) is 16.6 Å². The van der Waals surface area contributed by atoms with E-state index < -0.39 is 0 Å². The van der Waals surface area contributed by atoms with Gasteiger partial charge in [0.1, 0.15) is 17.6 Å². The number of nitrogens with zero attached hydrogens (tertiary/aromatic N) is 1. The first-order valence-electron chi connectivity index (χ1n) is 6.92. The van der Waals surface area contributed by atoms with E-state index in [9.17, 15) is 5.26 Å². The lowest BCUT2D eigenvalue weighted by Crippen LogP contribution is -1.94. The van der Waals surface area contributed by atoms with Crippen molar-refractivity contribution in [1.29, 1.82) is 5.26 Å². The van der Waals surface area contributed by atoms with Gasteiger partial charge >= 0.3 is 0 Å². The van der Waals surface area contributed by atoms with E-state index in [-0.39, 0.29) is 0 Å². The molecule has 0 fully saturated rings. The van der Waals surface area contributed by atoms with Gasteiger partial charge in [0.2, 0.25) is 0 Å². The molecular weight excluding hydrogens is 326 g/mol. The molecule has 0 aliphatic rings. The van der Waals surface area contributed by atoms with Gasteiger partial charge in [0.15, 0.2) is 0 Å². The highest BCUT2D eigenvalue weighted by Gasteiger charge is 2.08. The fraction of sp³-hybridized carbons (Fsp3) is 0.278. The van der Waals surface area contributed by atoms with Crippen LogP contribution in [-0.2, 0) is 5.33 Å². The molecule has 2 aromatic carbocycles. The van der Waals surface area contributed by atoms with Crippen molar-refractivity contribution >= 4 is 15.9 Å². The van der Waals surface area contributed by atoms with E-state index >= 15 is 0 Å². The van der Waals surface area contributed by atoms with Crippen LogP contribution in [0.15, 0.2) is 36.4 Å². The maximum Gasteiger partial charge on any atom is 0.145 e. The number of rotatable bonds is 4. The Hall–Kier alpha value is -1.79. The third-order valence-corrected chi connectivity index (χ3v) is 4.06. The van der Waals surface area contributed by atoms with Gasteiger partial charge in [0.25, 0.3) is 0 Å². The summed E-state index contributed by atoms with van der Waals surface area (Å²) in [5, 5.41) is 9.97. The van der Waals surface area contributed by atoms with E-state index in [1.54, 1.807) is 0 Å². The highest BCUT2D eigenvalue weighted by molar-refractivity contribution is 9.08. The van der Waals surface area contributed by atoms with Crippen molar-refractivity contribution in [2.45, 2.75) is 32.0 Å². The minimum Gasteiger partial charge on any atom is -0.456 e. The molecule has 0 spiro atoms. The molecule has 0 amide bonds. The van der Waals surface area contributed by atoms with Crippen molar-refractivity contribution in [3.05, 3.63) is 58.7 Å². The second-order valence-electron chi connectivity index (χ2n) is 5.35. The Morgan fingerprint density at radius 1 is 1.19 bits per heavy atom. The van der Waals surface area contributed by atoms with Crippen molar-refractivity contribution in [2.75, 3.05) is 0 Å². The van der Waals surface area contributed by atoms with Crippen LogP contribution in [0.1, 0.15) is 42.0 Å². The summed E-state index contributed by atoms with van der Waals surface area (Å²) in [6.45, 7) is 6.44. The lowest BCUT2D eigenvalue weighted by atomic mass is 9.98. The fourth-order valence-corrected chi connectivity index (χ4v) is 2.67. The Kier molecular flexibility index (Phi) is 5.03. The summed E-state index contributed by atoms with van der Waals surface area (Å²) < 4.78 is 5.88. The lowest BCUT2D eigenvalue weighted by Gasteiger charge is -2.13. The van der Waals surface area contributed by atoms with E-state index in [2.05, 4.69) is 48.8 Å². The highest BCUT2D eigenvalue weighted by Crippen LogP contribution is 2.29. The largest absolute Gasteiger partial charge is 0.456 e. The first kappa shape index (κ1) is 15.6. The van der Waals surface area contributed by atoms with Gasteiger partial charge in [0.05, 0.1) is 5.56 Å². The van der Waals surface area contributed by atoms with Gasteiger partial charge in [0, 0.05) is 5.33 Å². The number of hydrogen-bond donors (Lipinski definition) is 0. The smallest absolute Gasteiger partial charge is 0.145 e. The molecule has 0 N–H and O–H groups in total. The van der Waals surface area contributed by atoms with E-state index in [0.29, 0.717) is 17.2 Å². The van der Waals surface area contributed by atoms with E-state index in [4.69, 9.17) is 4.74 Å². The summed E-state index contributed by atoms with van der Waals surface area (Å²) in [7, 11) is 0. The molecule has 0 radical (unpaired) electrons. The minimum atomic E-state index is 0.493. The summed E-state index contributed by atoms with van der Waals surface area (Å²) in [5.74, 6) is 1.85. The zero-order valence-electron chi connectivity index (χ0n) is 12.5. The molecule has 0 bridgehead atoms. The van der Waals surface area contributed by atoms with Gasteiger partial charge in [-0.05, 0) is 53.8 Å². The summed E-state index contributed by atoms with van der Waals surface area (Å²) in [4.78, 5) is 0. The molecule has 2 rings (SSSR count).